The number of likely N-dealkylation sites (tertiary alicyclic amines) is 1. The van der Waals surface area contributed by atoms with Gasteiger partial charge in [0.2, 0.25) is 0 Å². The normalized spacial score (nSPS) is 21.0. The zero-order valence-corrected chi connectivity index (χ0v) is 20.7. The summed E-state index contributed by atoms with van der Waals surface area (Å²) in [6.45, 7) is 12.2. The van der Waals surface area contributed by atoms with Gasteiger partial charge < -0.3 is 9.47 Å². The van der Waals surface area contributed by atoms with Crippen molar-refractivity contribution < 1.29 is 14.3 Å². The van der Waals surface area contributed by atoms with Gasteiger partial charge >= 0.3 is 0 Å². The molecule has 0 aromatic heterocycles. The molecule has 1 aliphatic rings. The molecule has 0 aliphatic carbocycles. The molecule has 176 valence electrons. The SMILES string of the molecule is C=C/C=C\C(=C/C)N1C(=O)C(=C/C)/C(=C\C)C1(c1ccc(OC)cc1)c1ccc(OCC)cc1. The summed E-state index contributed by atoms with van der Waals surface area (Å²) in [5.74, 6) is 1.49. The highest BCUT2D eigenvalue weighted by atomic mass is 16.5. The van der Waals surface area contributed by atoms with Gasteiger partial charge in [0.15, 0.2) is 0 Å². The average Bonchev–Trinajstić information content (AvgIpc) is 3.13. The Labute approximate surface area is 203 Å². The van der Waals surface area contributed by atoms with Gasteiger partial charge in [0, 0.05) is 11.3 Å². The Hall–Kier alpha value is -3.79. The zero-order valence-electron chi connectivity index (χ0n) is 20.7. The van der Waals surface area contributed by atoms with Crippen molar-refractivity contribution in [2.75, 3.05) is 13.7 Å². The topological polar surface area (TPSA) is 38.8 Å². The van der Waals surface area contributed by atoms with Crippen molar-refractivity contribution in [3.05, 3.63) is 120 Å². The molecule has 0 bridgehead atoms. The van der Waals surface area contributed by atoms with Gasteiger partial charge in [-0.05, 0) is 74.7 Å². The maximum atomic E-state index is 14.0. The van der Waals surface area contributed by atoms with Crippen LogP contribution in [-0.4, -0.2) is 24.5 Å². The Morgan fingerprint density at radius 3 is 2.00 bits per heavy atom. The molecule has 4 heteroatoms. The van der Waals surface area contributed by atoms with Crippen LogP contribution < -0.4 is 9.47 Å². The smallest absolute Gasteiger partial charge is 0.259 e. The summed E-state index contributed by atoms with van der Waals surface area (Å²) in [4.78, 5) is 15.9. The highest BCUT2D eigenvalue weighted by Crippen LogP contribution is 2.53. The molecule has 1 fully saturated rings. The molecule has 1 amide bonds. The van der Waals surface area contributed by atoms with Crippen LogP contribution in [0.5, 0.6) is 11.5 Å². The molecule has 1 aliphatic heterocycles. The van der Waals surface area contributed by atoms with E-state index in [4.69, 9.17) is 9.47 Å². The molecule has 1 atom stereocenters. The minimum Gasteiger partial charge on any atom is -0.497 e. The van der Waals surface area contributed by atoms with E-state index < -0.39 is 5.54 Å². The lowest BCUT2D eigenvalue weighted by molar-refractivity contribution is -0.125. The van der Waals surface area contributed by atoms with E-state index in [0.29, 0.717) is 12.2 Å². The fraction of sp³-hybridized carbons (Fsp3) is 0.233. The Kier molecular flexibility index (Phi) is 7.95. The van der Waals surface area contributed by atoms with Crippen molar-refractivity contribution in [1.29, 1.82) is 0 Å². The quantitative estimate of drug-likeness (QED) is 0.328. The molecular formula is C30H33NO3. The predicted molar refractivity (Wildman–Crippen MR) is 139 cm³/mol. The number of hydrogen-bond acceptors (Lipinski definition) is 3. The summed E-state index contributed by atoms with van der Waals surface area (Å²) in [7, 11) is 1.65. The maximum Gasteiger partial charge on any atom is 0.259 e. The van der Waals surface area contributed by atoms with Crippen molar-refractivity contribution in [2.45, 2.75) is 33.2 Å². The Bertz CT molecular complexity index is 1150. The first-order valence-electron chi connectivity index (χ1n) is 11.5. The summed E-state index contributed by atoms with van der Waals surface area (Å²) >= 11 is 0. The molecule has 0 radical (unpaired) electrons. The minimum absolute atomic E-state index is 0.0536. The highest BCUT2D eigenvalue weighted by Gasteiger charge is 2.54. The number of carbonyl (C=O) groups excluding carboxylic acids is 1. The molecule has 4 nitrogen and oxygen atoms in total. The number of hydrogen-bond donors (Lipinski definition) is 0. The monoisotopic (exact) mass is 455 g/mol. The molecule has 2 aromatic carbocycles. The molecule has 34 heavy (non-hydrogen) atoms. The Morgan fingerprint density at radius 1 is 0.971 bits per heavy atom. The Balaban J connectivity index is 2.44. The molecular weight excluding hydrogens is 422 g/mol. The van der Waals surface area contributed by atoms with Crippen molar-refractivity contribution in [3.63, 3.8) is 0 Å². The van der Waals surface area contributed by atoms with Gasteiger partial charge in [-0.2, -0.15) is 0 Å². The van der Waals surface area contributed by atoms with Crippen molar-refractivity contribution in [3.8, 4) is 11.5 Å². The molecule has 1 unspecified atom stereocenters. The lowest BCUT2D eigenvalue weighted by Gasteiger charge is -2.41. The van der Waals surface area contributed by atoms with Crippen LogP contribution in [0.1, 0.15) is 38.8 Å². The van der Waals surface area contributed by atoms with Crippen LogP contribution in [0.25, 0.3) is 0 Å². The van der Waals surface area contributed by atoms with Crippen molar-refractivity contribution in [2.24, 2.45) is 0 Å². The van der Waals surface area contributed by atoms with E-state index in [1.165, 1.54) is 0 Å². The lowest BCUT2D eigenvalue weighted by atomic mass is 9.75. The largest absolute Gasteiger partial charge is 0.497 e. The van der Waals surface area contributed by atoms with E-state index in [9.17, 15) is 4.79 Å². The van der Waals surface area contributed by atoms with Gasteiger partial charge in [0.1, 0.15) is 17.0 Å². The maximum absolute atomic E-state index is 14.0. The number of carbonyl (C=O) groups is 1. The first-order valence-corrected chi connectivity index (χ1v) is 11.5. The molecule has 1 saturated heterocycles. The van der Waals surface area contributed by atoms with Crippen LogP contribution in [0.3, 0.4) is 0 Å². The second kappa shape index (κ2) is 10.9. The fourth-order valence-corrected chi connectivity index (χ4v) is 4.65. The Morgan fingerprint density at radius 2 is 1.56 bits per heavy atom. The molecule has 0 N–H and O–H groups in total. The second-order valence-electron chi connectivity index (χ2n) is 7.75. The summed E-state index contributed by atoms with van der Waals surface area (Å²) in [5.41, 5.74) is 3.44. The molecule has 1 heterocycles. The summed E-state index contributed by atoms with van der Waals surface area (Å²) in [6, 6.07) is 15.9. The number of ether oxygens (including phenoxy) is 2. The number of nitrogens with zero attached hydrogens (tertiary/aromatic N) is 1. The van der Waals surface area contributed by atoms with Crippen LogP contribution in [0.15, 0.2) is 108 Å². The minimum atomic E-state index is -0.877. The van der Waals surface area contributed by atoms with E-state index in [2.05, 4.69) is 6.58 Å². The number of allylic oxidation sites excluding steroid dienone is 6. The average molecular weight is 456 g/mol. The highest BCUT2D eigenvalue weighted by molar-refractivity contribution is 6.05. The first-order chi connectivity index (χ1) is 16.5. The summed E-state index contributed by atoms with van der Waals surface area (Å²) in [6.07, 6.45) is 11.4. The lowest BCUT2D eigenvalue weighted by Crippen LogP contribution is -2.44. The van der Waals surface area contributed by atoms with Gasteiger partial charge in [-0.3, -0.25) is 9.69 Å². The number of amides is 1. The van der Waals surface area contributed by atoms with E-state index in [1.807, 2.05) is 112 Å². The number of methoxy groups -OCH3 is 1. The first kappa shape index (κ1) is 24.8. The van der Waals surface area contributed by atoms with Gasteiger partial charge in [-0.1, -0.05) is 61.2 Å². The molecule has 0 spiro atoms. The predicted octanol–water partition coefficient (Wildman–Crippen LogP) is 6.72. The van der Waals surface area contributed by atoms with Crippen LogP contribution in [0.4, 0.5) is 0 Å². The summed E-state index contributed by atoms with van der Waals surface area (Å²) < 4.78 is 11.1. The van der Waals surface area contributed by atoms with Crippen LogP contribution in [0, 0.1) is 0 Å². The van der Waals surface area contributed by atoms with E-state index >= 15 is 0 Å². The number of benzene rings is 2. The second-order valence-corrected chi connectivity index (χ2v) is 7.75. The summed E-state index contributed by atoms with van der Waals surface area (Å²) in [5, 5.41) is 0. The van der Waals surface area contributed by atoms with Crippen molar-refractivity contribution >= 4 is 5.91 Å². The van der Waals surface area contributed by atoms with Gasteiger partial charge in [0.05, 0.1) is 13.7 Å². The molecule has 0 saturated carbocycles. The molecule has 2 aromatic rings. The molecule has 3 rings (SSSR count). The third kappa shape index (κ3) is 4.12. The van der Waals surface area contributed by atoms with Crippen LogP contribution >= 0.6 is 0 Å². The zero-order chi connectivity index (χ0) is 24.7. The van der Waals surface area contributed by atoms with Gasteiger partial charge in [-0.25, -0.2) is 0 Å². The van der Waals surface area contributed by atoms with Crippen LogP contribution in [-0.2, 0) is 10.3 Å². The van der Waals surface area contributed by atoms with Gasteiger partial charge in [0.25, 0.3) is 5.91 Å². The van der Waals surface area contributed by atoms with Crippen LogP contribution in [0.2, 0.25) is 0 Å². The van der Waals surface area contributed by atoms with E-state index in [-0.39, 0.29) is 5.91 Å². The van der Waals surface area contributed by atoms with Crippen molar-refractivity contribution in [1.82, 2.24) is 4.90 Å². The fourth-order valence-electron chi connectivity index (χ4n) is 4.65. The van der Waals surface area contributed by atoms with E-state index in [1.54, 1.807) is 13.2 Å². The third-order valence-corrected chi connectivity index (χ3v) is 6.07. The standard InChI is InChI=1S/C30H33NO3/c1-7-12-13-24(8-2)31-29(32)27(9-3)28(10-4)30(31,22-14-18-25(33-6)19-15-22)23-16-20-26(21-17-23)34-11-5/h7-10,12-21H,1,11H2,2-6H3/b13-12-,24-8+,27-9+,28-10+. The van der Waals surface area contributed by atoms with Gasteiger partial charge in [-0.15, -0.1) is 0 Å². The van der Waals surface area contributed by atoms with E-state index in [0.717, 1.165) is 33.9 Å². The number of rotatable bonds is 8. The third-order valence-electron chi connectivity index (χ3n) is 6.07.